The fourth-order valence-corrected chi connectivity index (χ4v) is 2.69. The molecule has 0 atom stereocenters. The minimum absolute atomic E-state index is 0.0641. The molecule has 100 valence electrons. The third kappa shape index (κ3) is 1.47. The van der Waals surface area contributed by atoms with E-state index in [0.717, 1.165) is 0 Å². The monoisotopic (exact) mass is 290 g/mol. The summed E-state index contributed by atoms with van der Waals surface area (Å²) in [5.41, 5.74) is -0.293. The van der Waals surface area contributed by atoms with Crippen LogP contribution >= 0.6 is 11.6 Å². The van der Waals surface area contributed by atoms with Gasteiger partial charge in [0.05, 0.1) is 10.4 Å². The number of benzene rings is 2. The van der Waals surface area contributed by atoms with Crippen molar-refractivity contribution in [3.05, 3.63) is 39.7 Å². The van der Waals surface area contributed by atoms with E-state index in [1.165, 1.54) is 12.1 Å². The second-order valence-electron chi connectivity index (χ2n) is 4.44. The fraction of sp³-hybridized carbons (Fsp3) is 0.0714. The molecule has 3 aromatic rings. The van der Waals surface area contributed by atoms with Crippen LogP contribution in [0.2, 0.25) is 5.02 Å². The lowest BCUT2D eigenvalue weighted by molar-refractivity contribution is 0.174. The third-order valence-electron chi connectivity index (χ3n) is 3.24. The second kappa shape index (κ2) is 3.80. The van der Waals surface area contributed by atoms with Gasteiger partial charge in [0.25, 0.3) is 0 Å². The Morgan fingerprint density at radius 2 is 1.75 bits per heavy atom. The maximum absolute atomic E-state index is 12.0. The molecule has 0 saturated carbocycles. The van der Waals surface area contributed by atoms with Crippen molar-refractivity contribution in [1.82, 2.24) is 0 Å². The first kappa shape index (κ1) is 11.4. The van der Waals surface area contributed by atoms with Crippen molar-refractivity contribution in [1.29, 1.82) is 0 Å². The summed E-state index contributed by atoms with van der Waals surface area (Å²) in [5, 5.41) is 11.3. The van der Waals surface area contributed by atoms with E-state index in [-0.39, 0.29) is 18.1 Å². The third-order valence-corrected chi connectivity index (χ3v) is 3.54. The first-order valence-corrected chi connectivity index (χ1v) is 6.20. The van der Waals surface area contributed by atoms with Crippen LogP contribution in [0.3, 0.4) is 0 Å². The molecule has 2 heterocycles. The molecule has 0 fully saturated rings. The normalized spacial score (nSPS) is 13.2. The molecule has 1 N–H and O–H groups in total. The lowest BCUT2D eigenvalue weighted by Gasteiger charge is -2.06. The van der Waals surface area contributed by atoms with Gasteiger partial charge in [-0.15, -0.1) is 0 Å². The summed E-state index contributed by atoms with van der Waals surface area (Å²) in [5.74, 6) is 0.985. The first-order chi connectivity index (χ1) is 9.63. The molecule has 0 aliphatic carbocycles. The molecule has 1 aromatic heterocycles. The lowest BCUT2D eigenvalue weighted by atomic mass is 10.1. The topological polar surface area (TPSA) is 68.9 Å². The maximum Gasteiger partial charge on any atom is 0.344 e. The van der Waals surface area contributed by atoms with Crippen molar-refractivity contribution < 1.29 is 19.0 Å². The van der Waals surface area contributed by atoms with Crippen LogP contribution in [-0.4, -0.2) is 11.9 Å². The molecule has 6 heteroatoms. The largest absolute Gasteiger partial charge is 0.508 e. The average Bonchev–Trinajstić information content (AvgIpc) is 2.83. The van der Waals surface area contributed by atoms with Crippen molar-refractivity contribution in [3.63, 3.8) is 0 Å². The van der Waals surface area contributed by atoms with Crippen molar-refractivity contribution in [3.8, 4) is 17.2 Å². The van der Waals surface area contributed by atoms with Gasteiger partial charge < -0.3 is 19.0 Å². The molecular formula is C14H7ClO5. The molecule has 0 amide bonds. The van der Waals surface area contributed by atoms with E-state index < -0.39 is 5.63 Å². The van der Waals surface area contributed by atoms with Gasteiger partial charge in [0.1, 0.15) is 11.3 Å². The molecule has 2 aromatic carbocycles. The molecule has 0 bridgehead atoms. The van der Waals surface area contributed by atoms with Gasteiger partial charge in [0.15, 0.2) is 11.5 Å². The first-order valence-electron chi connectivity index (χ1n) is 5.82. The molecule has 0 radical (unpaired) electrons. The lowest BCUT2D eigenvalue weighted by Crippen LogP contribution is -2.00. The van der Waals surface area contributed by atoms with Gasteiger partial charge in [-0.25, -0.2) is 4.79 Å². The van der Waals surface area contributed by atoms with Crippen LogP contribution in [0, 0.1) is 0 Å². The molecule has 20 heavy (non-hydrogen) atoms. The van der Waals surface area contributed by atoms with E-state index in [1.807, 2.05) is 0 Å². The molecule has 0 saturated heterocycles. The van der Waals surface area contributed by atoms with Crippen LogP contribution in [0.1, 0.15) is 0 Å². The van der Waals surface area contributed by atoms with E-state index in [9.17, 15) is 9.90 Å². The van der Waals surface area contributed by atoms with Gasteiger partial charge in [0, 0.05) is 16.8 Å². The summed E-state index contributed by atoms with van der Waals surface area (Å²) < 4.78 is 15.8. The zero-order valence-electron chi connectivity index (χ0n) is 9.97. The number of ether oxygens (including phenoxy) is 2. The number of halogens is 1. The highest BCUT2D eigenvalue weighted by molar-refractivity contribution is 6.37. The van der Waals surface area contributed by atoms with E-state index >= 15 is 0 Å². The Morgan fingerprint density at radius 3 is 2.50 bits per heavy atom. The average molecular weight is 291 g/mol. The Bertz CT molecular complexity index is 928. The summed E-state index contributed by atoms with van der Waals surface area (Å²) in [7, 11) is 0. The van der Waals surface area contributed by atoms with Gasteiger partial charge in [0.2, 0.25) is 6.79 Å². The maximum atomic E-state index is 12.0. The second-order valence-corrected chi connectivity index (χ2v) is 4.85. The summed E-state index contributed by atoms with van der Waals surface area (Å²) in [6.45, 7) is 0.115. The summed E-state index contributed by atoms with van der Waals surface area (Å²) in [6.07, 6.45) is 0. The number of phenols is 1. The highest BCUT2D eigenvalue weighted by atomic mass is 35.5. The molecule has 0 unspecified atom stereocenters. The van der Waals surface area contributed by atoms with E-state index in [0.29, 0.717) is 32.7 Å². The molecular weight excluding hydrogens is 284 g/mol. The minimum atomic E-state index is -0.521. The Labute approximate surface area is 116 Å². The Kier molecular flexibility index (Phi) is 2.17. The van der Waals surface area contributed by atoms with Crippen LogP contribution in [0.15, 0.2) is 33.5 Å². The van der Waals surface area contributed by atoms with Crippen LogP contribution < -0.4 is 15.1 Å². The quantitative estimate of drug-likeness (QED) is 0.509. The molecule has 1 aliphatic heterocycles. The van der Waals surface area contributed by atoms with Gasteiger partial charge in [-0.3, -0.25) is 0 Å². The number of hydrogen-bond acceptors (Lipinski definition) is 5. The van der Waals surface area contributed by atoms with Crippen molar-refractivity contribution in [2.45, 2.75) is 0 Å². The van der Waals surface area contributed by atoms with Crippen molar-refractivity contribution in [2.24, 2.45) is 0 Å². The number of rotatable bonds is 0. The highest BCUT2D eigenvalue weighted by Gasteiger charge is 2.19. The number of aromatic hydroxyl groups is 1. The van der Waals surface area contributed by atoms with E-state index in [4.69, 9.17) is 25.5 Å². The standard InChI is InChI=1S/C14H7ClO5/c15-9-1-6(16)2-12-13(9)7-3-10-11(19-5-18-10)4-8(7)14(17)20-12/h1-4,16H,5H2. The highest BCUT2D eigenvalue weighted by Crippen LogP contribution is 2.39. The molecule has 5 nitrogen and oxygen atoms in total. The predicted molar refractivity (Wildman–Crippen MR) is 72.8 cm³/mol. The number of phenolic OH excluding ortho intramolecular Hbond substituents is 1. The van der Waals surface area contributed by atoms with Crippen molar-refractivity contribution in [2.75, 3.05) is 6.79 Å². The minimum Gasteiger partial charge on any atom is -0.508 e. The van der Waals surface area contributed by atoms with Gasteiger partial charge in [-0.1, -0.05) is 11.6 Å². The Hall–Kier alpha value is -2.40. The Morgan fingerprint density at radius 1 is 1.05 bits per heavy atom. The van der Waals surface area contributed by atoms with E-state index in [1.54, 1.807) is 12.1 Å². The zero-order valence-corrected chi connectivity index (χ0v) is 10.7. The van der Waals surface area contributed by atoms with Gasteiger partial charge in [-0.05, 0) is 18.2 Å². The van der Waals surface area contributed by atoms with Crippen LogP contribution in [0.5, 0.6) is 17.2 Å². The number of hydrogen-bond donors (Lipinski definition) is 1. The van der Waals surface area contributed by atoms with Crippen molar-refractivity contribution >= 4 is 33.3 Å². The molecule has 1 aliphatic rings. The van der Waals surface area contributed by atoms with Crippen LogP contribution in [-0.2, 0) is 0 Å². The molecule has 0 spiro atoms. The van der Waals surface area contributed by atoms with Gasteiger partial charge in [-0.2, -0.15) is 0 Å². The smallest absolute Gasteiger partial charge is 0.344 e. The Balaban J connectivity index is 2.26. The fourth-order valence-electron chi connectivity index (χ4n) is 2.38. The van der Waals surface area contributed by atoms with Gasteiger partial charge >= 0.3 is 5.63 Å². The zero-order chi connectivity index (χ0) is 13.9. The van der Waals surface area contributed by atoms with E-state index in [2.05, 4.69) is 0 Å². The predicted octanol–water partition coefficient (Wildman–Crippen LogP) is 3.03. The summed E-state index contributed by atoms with van der Waals surface area (Å²) >= 11 is 6.15. The van der Waals surface area contributed by atoms with Crippen LogP contribution in [0.4, 0.5) is 0 Å². The SMILES string of the molecule is O=c1oc2cc(O)cc(Cl)c2c2cc3c(cc12)OCO3. The summed E-state index contributed by atoms with van der Waals surface area (Å²) in [6, 6.07) is 6.02. The summed E-state index contributed by atoms with van der Waals surface area (Å²) in [4.78, 5) is 12.0. The van der Waals surface area contributed by atoms with Crippen LogP contribution in [0.25, 0.3) is 21.7 Å². The molecule has 4 rings (SSSR count). The number of fused-ring (bicyclic) bond motifs is 4.